The van der Waals surface area contributed by atoms with Crippen molar-refractivity contribution in [2.75, 3.05) is 19.0 Å². The third kappa shape index (κ3) is 4.35. The van der Waals surface area contributed by atoms with Gasteiger partial charge in [0.1, 0.15) is 11.5 Å². The van der Waals surface area contributed by atoms with Crippen molar-refractivity contribution in [2.24, 2.45) is 17.3 Å². The molecule has 0 unspecified atom stereocenters. The zero-order valence-electron chi connectivity index (χ0n) is 21.1. The Kier molecular flexibility index (Phi) is 6.80. The van der Waals surface area contributed by atoms with E-state index in [0.717, 1.165) is 11.3 Å². The van der Waals surface area contributed by atoms with E-state index in [4.69, 9.17) is 16.3 Å². The molecule has 3 aliphatic carbocycles. The van der Waals surface area contributed by atoms with Crippen molar-refractivity contribution in [3.05, 3.63) is 33.5 Å². The SMILES string of the molecule is CNc1nc(C#Cc2ccc(Cl)s2)nc2c1ncn2[C@H]1[C@H](O)[C@H](O)[C@]2(C(=O)OCCC3CCCCC3)C[C@H]12. The third-order valence-corrected chi connectivity index (χ3v) is 9.53. The van der Waals surface area contributed by atoms with Gasteiger partial charge in [0, 0.05) is 13.0 Å². The normalized spacial score (nSPS) is 28.5. The number of thiophene rings is 1. The lowest BCUT2D eigenvalue weighted by molar-refractivity contribution is -0.157. The molecule has 0 saturated heterocycles. The van der Waals surface area contributed by atoms with Crippen LogP contribution in [0.3, 0.4) is 0 Å². The summed E-state index contributed by atoms with van der Waals surface area (Å²) in [6, 6.07) is 3.04. The molecule has 3 aromatic heterocycles. The van der Waals surface area contributed by atoms with E-state index < -0.39 is 29.6 Å². The fourth-order valence-electron chi connectivity index (χ4n) is 6.31. The van der Waals surface area contributed by atoms with E-state index in [0.29, 0.717) is 40.3 Å². The van der Waals surface area contributed by atoms with E-state index >= 15 is 0 Å². The van der Waals surface area contributed by atoms with Crippen molar-refractivity contribution < 1.29 is 19.7 Å². The van der Waals surface area contributed by atoms with Crippen LogP contribution in [0.5, 0.6) is 0 Å². The largest absolute Gasteiger partial charge is 0.465 e. The Morgan fingerprint density at radius 3 is 2.82 bits per heavy atom. The van der Waals surface area contributed by atoms with Crippen molar-refractivity contribution in [1.29, 1.82) is 0 Å². The van der Waals surface area contributed by atoms with Crippen LogP contribution in [0.25, 0.3) is 11.2 Å². The Hall–Kier alpha value is -2.71. The molecule has 0 bridgehead atoms. The number of aliphatic hydroxyl groups excluding tert-OH is 2. The molecule has 3 saturated carbocycles. The van der Waals surface area contributed by atoms with Crippen molar-refractivity contribution in [1.82, 2.24) is 19.5 Å². The number of rotatable bonds is 6. The van der Waals surface area contributed by atoms with Gasteiger partial charge in [-0.1, -0.05) is 43.7 Å². The lowest BCUT2D eigenvalue weighted by Crippen LogP contribution is -2.38. The number of aliphatic hydroxyl groups is 2. The summed E-state index contributed by atoms with van der Waals surface area (Å²) in [5, 5.41) is 25.1. The first-order chi connectivity index (χ1) is 18.4. The van der Waals surface area contributed by atoms with Gasteiger partial charge in [0.25, 0.3) is 0 Å². The zero-order valence-corrected chi connectivity index (χ0v) is 22.6. The van der Waals surface area contributed by atoms with Crippen molar-refractivity contribution in [3.8, 4) is 11.8 Å². The first-order valence-electron chi connectivity index (χ1n) is 13.2. The Labute approximate surface area is 229 Å². The summed E-state index contributed by atoms with van der Waals surface area (Å²) in [4.78, 5) is 27.6. The number of anilines is 1. The fourth-order valence-corrected chi connectivity index (χ4v) is 7.20. The molecule has 9 nitrogen and oxygen atoms in total. The molecule has 3 N–H and O–H groups in total. The summed E-state index contributed by atoms with van der Waals surface area (Å²) in [6.45, 7) is 0.357. The van der Waals surface area contributed by atoms with E-state index in [2.05, 4.69) is 32.1 Å². The molecule has 3 aromatic rings. The van der Waals surface area contributed by atoms with Crippen LogP contribution in [-0.2, 0) is 9.53 Å². The van der Waals surface area contributed by atoms with Gasteiger partial charge in [-0.05, 0) is 42.7 Å². The molecule has 6 rings (SSSR count). The van der Waals surface area contributed by atoms with Crippen LogP contribution in [0.1, 0.15) is 61.7 Å². The van der Waals surface area contributed by atoms with Gasteiger partial charge < -0.3 is 24.8 Å². The summed E-state index contributed by atoms with van der Waals surface area (Å²) < 4.78 is 8.07. The zero-order chi connectivity index (χ0) is 26.4. The highest BCUT2D eigenvalue weighted by molar-refractivity contribution is 7.16. The number of imidazole rings is 1. The highest BCUT2D eigenvalue weighted by Gasteiger charge is 2.76. The number of ether oxygens (including phenoxy) is 1. The van der Waals surface area contributed by atoms with Crippen LogP contribution in [0.2, 0.25) is 4.34 Å². The Morgan fingerprint density at radius 2 is 2.08 bits per heavy atom. The second kappa shape index (κ2) is 10.1. The number of hydrogen-bond acceptors (Lipinski definition) is 9. The first kappa shape index (κ1) is 25.6. The average molecular weight is 556 g/mol. The summed E-state index contributed by atoms with van der Waals surface area (Å²) in [5.74, 6) is 6.70. The van der Waals surface area contributed by atoms with Gasteiger partial charge in [0.2, 0.25) is 5.82 Å². The third-order valence-electron chi connectivity index (χ3n) is 8.39. The topological polar surface area (TPSA) is 122 Å². The number of hydrogen-bond donors (Lipinski definition) is 3. The van der Waals surface area contributed by atoms with Crippen LogP contribution in [0.4, 0.5) is 5.82 Å². The number of fused-ring (bicyclic) bond motifs is 2. The fraction of sp³-hybridized carbons (Fsp3) is 0.556. The summed E-state index contributed by atoms with van der Waals surface area (Å²) in [6.07, 6.45) is 6.65. The summed E-state index contributed by atoms with van der Waals surface area (Å²) in [7, 11) is 1.74. The van der Waals surface area contributed by atoms with Crippen molar-refractivity contribution >= 4 is 45.9 Å². The first-order valence-corrected chi connectivity index (χ1v) is 14.3. The highest BCUT2D eigenvalue weighted by atomic mass is 35.5. The standard InChI is InChI=1S/C27H30ClN5O4S/c1-29-24-20-25(32-19(31-24)10-8-16-7-9-18(28)38-16)33(14-30-20)21-17-13-27(17,23(35)22(21)34)26(36)37-12-11-15-5-3-2-4-6-15/h7,9,14-15,17,21-23,34-35H,2-6,11-13H2,1H3,(H,29,31,32)/t17-,21-,22+,23+,27+/m1/s1. The molecular weight excluding hydrogens is 526 g/mol. The minimum atomic E-state index is -1.22. The number of halogens is 1. The number of nitrogens with zero attached hydrogens (tertiary/aromatic N) is 4. The molecule has 38 heavy (non-hydrogen) atoms. The van der Waals surface area contributed by atoms with Crippen LogP contribution in [0, 0.1) is 29.1 Å². The molecule has 0 amide bonds. The van der Waals surface area contributed by atoms with Crippen molar-refractivity contribution in [3.63, 3.8) is 0 Å². The molecule has 11 heteroatoms. The molecule has 0 aromatic carbocycles. The number of carbonyl (C=O) groups excluding carboxylic acids is 1. The summed E-state index contributed by atoms with van der Waals surface area (Å²) in [5.41, 5.74) is -0.0951. The van der Waals surface area contributed by atoms with Gasteiger partial charge >= 0.3 is 5.97 Å². The van der Waals surface area contributed by atoms with Crippen LogP contribution in [-0.4, -0.2) is 61.6 Å². The maximum atomic E-state index is 13.2. The molecule has 3 fully saturated rings. The van der Waals surface area contributed by atoms with E-state index in [1.807, 2.05) is 6.07 Å². The molecule has 0 aliphatic heterocycles. The van der Waals surface area contributed by atoms with Gasteiger partial charge in [-0.15, -0.1) is 11.3 Å². The molecule has 3 aliphatic rings. The lowest BCUT2D eigenvalue weighted by Gasteiger charge is -2.24. The van der Waals surface area contributed by atoms with Gasteiger partial charge in [0.15, 0.2) is 17.0 Å². The second-order valence-corrected chi connectivity index (χ2v) is 12.2. The quantitative estimate of drug-likeness (QED) is 0.310. The maximum Gasteiger partial charge on any atom is 0.315 e. The van der Waals surface area contributed by atoms with Gasteiger partial charge in [-0.2, -0.15) is 0 Å². The predicted octanol–water partition coefficient (Wildman–Crippen LogP) is 3.78. The molecule has 0 radical (unpaired) electrons. The Morgan fingerprint density at radius 1 is 1.26 bits per heavy atom. The molecule has 0 spiro atoms. The van der Waals surface area contributed by atoms with E-state index in [1.165, 1.54) is 43.4 Å². The van der Waals surface area contributed by atoms with Crippen molar-refractivity contribution in [2.45, 2.75) is 63.2 Å². The average Bonchev–Trinajstić information content (AvgIpc) is 3.17. The minimum absolute atomic E-state index is 0.275. The number of carbonyl (C=O) groups is 1. The summed E-state index contributed by atoms with van der Waals surface area (Å²) >= 11 is 7.37. The van der Waals surface area contributed by atoms with Gasteiger partial charge in [-0.25, -0.2) is 15.0 Å². The predicted molar refractivity (Wildman–Crippen MR) is 144 cm³/mol. The molecule has 3 heterocycles. The maximum absolute atomic E-state index is 13.2. The van der Waals surface area contributed by atoms with Gasteiger partial charge in [-0.3, -0.25) is 4.79 Å². The van der Waals surface area contributed by atoms with Crippen LogP contribution >= 0.6 is 22.9 Å². The number of nitrogens with one attached hydrogen (secondary N) is 1. The monoisotopic (exact) mass is 555 g/mol. The molecule has 5 atom stereocenters. The van der Waals surface area contributed by atoms with E-state index in [-0.39, 0.29) is 11.7 Å². The van der Waals surface area contributed by atoms with E-state index in [1.54, 1.807) is 24.0 Å². The lowest BCUT2D eigenvalue weighted by atomic mass is 9.87. The molecule has 200 valence electrons. The highest BCUT2D eigenvalue weighted by Crippen LogP contribution is 2.68. The van der Waals surface area contributed by atoms with Crippen LogP contribution in [0.15, 0.2) is 18.5 Å². The second-order valence-electron chi connectivity index (χ2n) is 10.5. The minimum Gasteiger partial charge on any atom is -0.465 e. The number of aromatic nitrogens is 4. The molecular formula is C27H30ClN5O4S. The smallest absolute Gasteiger partial charge is 0.315 e. The number of esters is 1. The van der Waals surface area contributed by atoms with E-state index in [9.17, 15) is 15.0 Å². The van der Waals surface area contributed by atoms with Gasteiger partial charge in [0.05, 0.1) is 34.3 Å². The Bertz CT molecular complexity index is 1420. The van der Waals surface area contributed by atoms with Crippen LogP contribution < -0.4 is 5.32 Å². The Balaban J connectivity index is 1.24.